The smallest absolute Gasteiger partial charge is 0.407 e. The van der Waals surface area contributed by atoms with Crippen LogP contribution in [-0.4, -0.2) is 43.9 Å². The van der Waals surface area contributed by atoms with Gasteiger partial charge in [0.15, 0.2) is 0 Å². The molecule has 0 aliphatic heterocycles. The highest BCUT2D eigenvalue weighted by Crippen LogP contribution is 2.24. The molecule has 17 heavy (non-hydrogen) atoms. The number of hydrogen-bond acceptors (Lipinski definition) is 3. The summed E-state index contributed by atoms with van der Waals surface area (Å²) in [6, 6.07) is 5.50. The van der Waals surface area contributed by atoms with Gasteiger partial charge >= 0.3 is 6.09 Å². The van der Waals surface area contributed by atoms with E-state index in [0.29, 0.717) is 18.7 Å². The SMILES string of the molecule is COc1ccc(CCN(C)C(=O)O)c(OC)c1. The second-order valence-corrected chi connectivity index (χ2v) is 3.63. The summed E-state index contributed by atoms with van der Waals surface area (Å²) in [7, 11) is 4.71. The Bertz CT molecular complexity index is 392. The molecule has 0 aliphatic carbocycles. The van der Waals surface area contributed by atoms with Crippen LogP contribution >= 0.6 is 0 Å². The predicted octanol–water partition coefficient (Wildman–Crippen LogP) is 1.86. The van der Waals surface area contributed by atoms with Gasteiger partial charge in [0.1, 0.15) is 11.5 Å². The highest BCUT2D eigenvalue weighted by Gasteiger charge is 2.09. The van der Waals surface area contributed by atoms with Gasteiger partial charge in [0.2, 0.25) is 0 Å². The van der Waals surface area contributed by atoms with Gasteiger partial charge in [-0.25, -0.2) is 4.79 Å². The lowest BCUT2D eigenvalue weighted by Crippen LogP contribution is -2.26. The summed E-state index contributed by atoms with van der Waals surface area (Å²) in [6.45, 7) is 0.429. The zero-order chi connectivity index (χ0) is 12.8. The summed E-state index contributed by atoms with van der Waals surface area (Å²) >= 11 is 0. The molecule has 0 heterocycles. The van der Waals surface area contributed by atoms with Crippen LogP contribution in [0.25, 0.3) is 0 Å². The average molecular weight is 239 g/mol. The molecular formula is C12H17NO4. The Morgan fingerprint density at radius 3 is 2.59 bits per heavy atom. The van der Waals surface area contributed by atoms with E-state index in [4.69, 9.17) is 14.6 Å². The molecule has 1 rings (SSSR count). The molecule has 0 atom stereocenters. The third-order valence-corrected chi connectivity index (χ3v) is 2.54. The van der Waals surface area contributed by atoms with Crippen LogP contribution in [0.15, 0.2) is 18.2 Å². The van der Waals surface area contributed by atoms with E-state index in [-0.39, 0.29) is 0 Å². The van der Waals surface area contributed by atoms with Crippen molar-refractivity contribution in [3.63, 3.8) is 0 Å². The highest BCUT2D eigenvalue weighted by atomic mass is 16.5. The Morgan fingerprint density at radius 2 is 2.06 bits per heavy atom. The number of methoxy groups -OCH3 is 2. The van der Waals surface area contributed by atoms with Crippen LogP contribution in [0.5, 0.6) is 11.5 Å². The molecule has 0 unspecified atom stereocenters. The van der Waals surface area contributed by atoms with Crippen LogP contribution in [0.2, 0.25) is 0 Å². The molecule has 1 N–H and O–H groups in total. The second-order valence-electron chi connectivity index (χ2n) is 3.63. The first kappa shape index (κ1) is 13.2. The molecular weight excluding hydrogens is 222 g/mol. The van der Waals surface area contributed by atoms with Gasteiger partial charge in [0, 0.05) is 19.7 Å². The zero-order valence-electron chi connectivity index (χ0n) is 10.3. The first-order chi connectivity index (χ1) is 8.08. The van der Waals surface area contributed by atoms with Crippen molar-refractivity contribution < 1.29 is 19.4 Å². The predicted molar refractivity (Wildman–Crippen MR) is 63.9 cm³/mol. The third kappa shape index (κ3) is 3.55. The maximum atomic E-state index is 10.7. The van der Waals surface area contributed by atoms with Gasteiger partial charge < -0.3 is 19.5 Å². The van der Waals surface area contributed by atoms with Crippen LogP contribution in [0.1, 0.15) is 5.56 Å². The first-order valence-electron chi connectivity index (χ1n) is 5.23. The minimum absolute atomic E-state index is 0.429. The van der Waals surface area contributed by atoms with Crippen molar-refractivity contribution in [2.75, 3.05) is 27.8 Å². The molecule has 0 saturated heterocycles. The largest absolute Gasteiger partial charge is 0.497 e. The second kappa shape index (κ2) is 5.98. The van der Waals surface area contributed by atoms with Crippen LogP contribution in [0.4, 0.5) is 4.79 Å². The molecule has 1 amide bonds. The molecule has 0 saturated carbocycles. The monoisotopic (exact) mass is 239 g/mol. The van der Waals surface area contributed by atoms with Crippen LogP contribution in [-0.2, 0) is 6.42 Å². The third-order valence-electron chi connectivity index (χ3n) is 2.54. The van der Waals surface area contributed by atoms with E-state index < -0.39 is 6.09 Å². The quantitative estimate of drug-likeness (QED) is 0.852. The normalized spacial score (nSPS) is 9.82. The summed E-state index contributed by atoms with van der Waals surface area (Å²) < 4.78 is 10.3. The van der Waals surface area contributed by atoms with Crippen molar-refractivity contribution in [3.05, 3.63) is 23.8 Å². The van der Waals surface area contributed by atoms with E-state index in [0.717, 1.165) is 11.3 Å². The lowest BCUT2D eigenvalue weighted by Gasteiger charge is -2.14. The molecule has 0 radical (unpaired) electrons. The fraction of sp³-hybridized carbons (Fsp3) is 0.417. The zero-order valence-corrected chi connectivity index (χ0v) is 10.3. The van der Waals surface area contributed by atoms with Gasteiger partial charge in [0.25, 0.3) is 0 Å². The Kier molecular flexibility index (Phi) is 4.63. The topological polar surface area (TPSA) is 59.0 Å². The van der Waals surface area contributed by atoms with E-state index in [1.54, 1.807) is 27.3 Å². The van der Waals surface area contributed by atoms with Crippen LogP contribution < -0.4 is 9.47 Å². The molecule has 5 nitrogen and oxygen atoms in total. The van der Waals surface area contributed by atoms with E-state index in [2.05, 4.69) is 0 Å². The fourth-order valence-corrected chi connectivity index (χ4v) is 1.44. The number of benzene rings is 1. The van der Waals surface area contributed by atoms with Crippen molar-refractivity contribution in [1.29, 1.82) is 0 Å². The lowest BCUT2D eigenvalue weighted by atomic mass is 10.1. The number of nitrogens with zero attached hydrogens (tertiary/aromatic N) is 1. The highest BCUT2D eigenvalue weighted by molar-refractivity contribution is 5.64. The summed E-state index contributed by atoms with van der Waals surface area (Å²) in [5.41, 5.74) is 0.960. The number of likely N-dealkylation sites (N-methyl/N-ethyl adjacent to an activating group) is 1. The summed E-state index contributed by atoms with van der Waals surface area (Å²) in [6.07, 6.45) is -0.326. The van der Waals surface area contributed by atoms with E-state index in [1.165, 1.54) is 4.90 Å². The average Bonchev–Trinajstić information content (AvgIpc) is 2.35. The number of carboxylic acid groups (broad SMARTS) is 1. The maximum absolute atomic E-state index is 10.7. The molecule has 0 aliphatic rings. The Morgan fingerprint density at radius 1 is 1.35 bits per heavy atom. The van der Waals surface area contributed by atoms with Gasteiger partial charge in [-0.3, -0.25) is 0 Å². The molecule has 5 heteroatoms. The van der Waals surface area contributed by atoms with Crippen molar-refractivity contribution in [3.8, 4) is 11.5 Å². The maximum Gasteiger partial charge on any atom is 0.407 e. The van der Waals surface area contributed by atoms with Gasteiger partial charge in [-0.15, -0.1) is 0 Å². The Balaban J connectivity index is 2.73. The molecule has 94 valence electrons. The van der Waals surface area contributed by atoms with Gasteiger partial charge in [0.05, 0.1) is 14.2 Å². The number of amides is 1. The van der Waals surface area contributed by atoms with E-state index >= 15 is 0 Å². The van der Waals surface area contributed by atoms with Crippen molar-refractivity contribution in [2.45, 2.75) is 6.42 Å². The minimum atomic E-state index is -0.933. The van der Waals surface area contributed by atoms with Gasteiger partial charge in [-0.2, -0.15) is 0 Å². The molecule has 0 aromatic heterocycles. The molecule has 0 fully saturated rings. The fourth-order valence-electron chi connectivity index (χ4n) is 1.44. The Labute approximate surface area is 101 Å². The first-order valence-corrected chi connectivity index (χ1v) is 5.23. The molecule has 1 aromatic rings. The number of rotatable bonds is 5. The molecule has 1 aromatic carbocycles. The van der Waals surface area contributed by atoms with Gasteiger partial charge in [-0.1, -0.05) is 6.07 Å². The van der Waals surface area contributed by atoms with E-state index in [9.17, 15) is 4.79 Å². The molecule has 0 bridgehead atoms. The van der Waals surface area contributed by atoms with Crippen molar-refractivity contribution in [1.82, 2.24) is 4.90 Å². The van der Waals surface area contributed by atoms with Gasteiger partial charge in [-0.05, 0) is 18.1 Å². The Hall–Kier alpha value is -1.91. The van der Waals surface area contributed by atoms with Crippen LogP contribution in [0, 0.1) is 0 Å². The minimum Gasteiger partial charge on any atom is -0.497 e. The number of ether oxygens (including phenoxy) is 2. The number of carbonyl (C=O) groups is 1. The lowest BCUT2D eigenvalue weighted by molar-refractivity contribution is 0.156. The van der Waals surface area contributed by atoms with Crippen molar-refractivity contribution in [2.24, 2.45) is 0 Å². The standard InChI is InChI=1S/C12H17NO4/c1-13(12(14)15)7-6-9-4-5-10(16-2)8-11(9)17-3/h4-5,8H,6-7H2,1-3H3,(H,14,15). The summed E-state index contributed by atoms with van der Waals surface area (Å²) in [5, 5.41) is 8.74. The number of hydrogen-bond donors (Lipinski definition) is 1. The molecule has 0 spiro atoms. The van der Waals surface area contributed by atoms with Crippen molar-refractivity contribution >= 4 is 6.09 Å². The summed E-state index contributed by atoms with van der Waals surface area (Å²) in [4.78, 5) is 11.9. The summed E-state index contributed by atoms with van der Waals surface area (Å²) in [5.74, 6) is 1.43. The van der Waals surface area contributed by atoms with E-state index in [1.807, 2.05) is 12.1 Å². The van der Waals surface area contributed by atoms with Crippen LogP contribution in [0.3, 0.4) is 0 Å².